The smallest absolute Gasteiger partial charge is 0.167 e. The minimum Gasteiger partial charge on any atom is -0.294 e. The Morgan fingerprint density at radius 1 is 1.50 bits per heavy atom. The molecule has 0 atom stereocenters. The van der Waals surface area contributed by atoms with Crippen molar-refractivity contribution >= 4 is 40.3 Å². The summed E-state index contributed by atoms with van der Waals surface area (Å²) in [5.74, 6) is -0.0383. The van der Waals surface area contributed by atoms with Gasteiger partial charge in [0.2, 0.25) is 0 Å². The molecule has 2 aromatic heterocycles. The van der Waals surface area contributed by atoms with Crippen LogP contribution in [0.4, 0.5) is 0 Å². The molecule has 4 nitrogen and oxygen atoms in total. The van der Waals surface area contributed by atoms with Crippen LogP contribution in [0.3, 0.4) is 0 Å². The largest absolute Gasteiger partial charge is 0.294 e. The molecule has 16 heavy (non-hydrogen) atoms. The minimum atomic E-state index is -0.0383. The summed E-state index contributed by atoms with van der Waals surface area (Å²) in [6.07, 6.45) is 3.32. The Balaban J connectivity index is 2.01. The lowest BCUT2D eigenvalue weighted by Crippen LogP contribution is -2.06. The van der Waals surface area contributed by atoms with Gasteiger partial charge in [-0.1, -0.05) is 23.2 Å². The van der Waals surface area contributed by atoms with Gasteiger partial charge in [-0.05, 0) is 6.07 Å². The van der Waals surface area contributed by atoms with Crippen LogP contribution >= 0.6 is 34.5 Å². The van der Waals surface area contributed by atoms with Crippen LogP contribution in [0, 0.1) is 0 Å². The predicted octanol–water partition coefficient (Wildman–Crippen LogP) is 2.92. The summed E-state index contributed by atoms with van der Waals surface area (Å²) >= 11 is 12.8. The van der Waals surface area contributed by atoms with Gasteiger partial charge in [-0.25, -0.2) is 4.98 Å². The fraction of sp³-hybridized carbons (Fsp3) is 0.222. The summed E-state index contributed by atoms with van der Waals surface area (Å²) in [5, 5.41) is 3.91. The number of aromatic nitrogens is 3. The highest BCUT2D eigenvalue weighted by Crippen LogP contribution is 2.31. The van der Waals surface area contributed by atoms with E-state index in [-0.39, 0.29) is 5.78 Å². The normalized spacial score (nSPS) is 10.6. The molecule has 0 N–H and O–H groups in total. The number of halogens is 2. The summed E-state index contributed by atoms with van der Waals surface area (Å²) in [7, 11) is 0. The highest BCUT2D eigenvalue weighted by Gasteiger charge is 2.14. The van der Waals surface area contributed by atoms with E-state index in [0.717, 1.165) is 0 Å². The first kappa shape index (κ1) is 11.6. The topological polar surface area (TPSA) is 47.8 Å². The molecule has 0 amide bonds. The first-order valence-electron chi connectivity index (χ1n) is 4.47. The number of hydrogen-bond donors (Lipinski definition) is 0. The Hall–Kier alpha value is -0.910. The van der Waals surface area contributed by atoms with Crippen molar-refractivity contribution < 1.29 is 4.79 Å². The molecule has 0 unspecified atom stereocenters. The zero-order valence-electron chi connectivity index (χ0n) is 8.06. The molecule has 0 radical (unpaired) electrons. The number of carbonyl (C=O) groups is 1. The summed E-state index contributed by atoms with van der Waals surface area (Å²) in [6, 6.07) is 1.60. The summed E-state index contributed by atoms with van der Waals surface area (Å²) in [6.45, 7) is 0.489. The van der Waals surface area contributed by atoms with Crippen molar-refractivity contribution in [2.75, 3.05) is 0 Å². The van der Waals surface area contributed by atoms with Gasteiger partial charge >= 0.3 is 0 Å². The average Bonchev–Trinajstić information content (AvgIpc) is 2.84. The second kappa shape index (κ2) is 4.95. The van der Waals surface area contributed by atoms with E-state index in [4.69, 9.17) is 23.2 Å². The second-order valence-corrected chi connectivity index (χ2v) is 5.36. The number of Topliss-reactive ketones (excluding diaryl/α,β-unsaturated/α-hetero) is 1. The van der Waals surface area contributed by atoms with Crippen LogP contribution in [-0.2, 0) is 6.54 Å². The number of nitrogens with zero attached hydrogens (tertiary/aromatic N) is 3. The van der Waals surface area contributed by atoms with Crippen LogP contribution in [0.25, 0.3) is 0 Å². The van der Waals surface area contributed by atoms with Crippen LogP contribution in [0.1, 0.15) is 16.8 Å². The Kier molecular flexibility index (Phi) is 3.58. The van der Waals surface area contributed by atoms with Gasteiger partial charge in [-0.2, -0.15) is 5.10 Å². The van der Waals surface area contributed by atoms with E-state index in [1.807, 2.05) is 0 Å². The van der Waals surface area contributed by atoms with Crippen LogP contribution < -0.4 is 0 Å². The van der Waals surface area contributed by atoms with E-state index < -0.39 is 0 Å². The van der Waals surface area contributed by atoms with E-state index in [1.54, 1.807) is 17.1 Å². The third-order valence-corrected chi connectivity index (χ3v) is 3.48. The van der Waals surface area contributed by atoms with Crippen molar-refractivity contribution in [3.63, 3.8) is 0 Å². The number of rotatable bonds is 4. The molecule has 0 aliphatic rings. The van der Waals surface area contributed by atoms with E-state index in [0.29, 0.717) is 27.2 Å². The molecule has 0 aliphatic carbocycles. The lowest BCUT2D eigenvalue weighted by Gasteiger charge is -1.99. The van der Waals surface area contributed by atoms with E-state index in [1.165, 1.54) is 17.7 Å². The monoisotopic (exact) mass is 275 g/mol. The molecular weight excluding hydrogens is 269 g/mol. The maximum Gasteiger partial charge on any atom is 0.167 e. The first-order valence-corrected chi connectivity index (χ1v) is 6.04. The minimum absolute atomic E-state index is 0.0383. The maximum atomic E-state index is 11.8. The highest BCUT2D eigenvalue weighted by molar-refractivity contribution is 7.20. The summed E-state index contributed by atoms with van der Waals surface area (Å²) in [4.78, 5) is 15.6. The third kappa shape index (κ3) is 2.61. The van der Waals surface area contributed by atoms with Gasteiger partial charge < -0.3 is 0 Å². The Labute approximate surface area is 106 Å². The van der Waals surface area contributed by atoms with Crippen LogP contribution in [0.15, 0.2) is 18.7 Å². The molecule has 0 saturated heterocycles. The molecule has 7 heteroatoms. The molecule has 0 spiro atoms. The van der Waals surface area contributed by atoms with Gasteiger partial charge in [0.15, 0.2) is 5.78 Å². The molecule has 0 aliphatic heterocycles. The number of carbonyl (C=O) groups excluding carboxylic acids is 1. The van der Waals surface area contributed by atoms with Crippen LogP contribution in [0.5, 0.6) is 0 Å². The van der Waals surface area contributed by atoms with Crippen LogP contribution in [-0.4, -0.2) is 20.5 Å². The van der Waals surface area contributed by atoms with Gasteiger partial charge in [0.05, 0.1) is 4.34 Å². The summed E-state index contributed by atoms with van der Waals surface area (Å²) < 4.78 is 2.56. The summed E-state index contributed by atoms with van der Waals surface area (Å²) in [5.41, 5.74) is 0.483. The van der Waals surface area contributed by atoms with Crippen molar-refractivity contribution in [2.45, 2.75) is 13.0 Å². The molecule has 84 valence electrons. The molecular formula is C9H7Cl2N3OS. The quantitative estimate of drug-likeness (QED) is 0.807. The van der Waals surface area contributed by atoms with Gasteiger partial charge in [-0.3, -0.25) is 9.48 Å². The van der Waals surface area contributed by atoms with Gasteiger partial charge in [0.1, 0.15) is 17.0 Å². The number of aryl methyl sites for hydroxylation is 1. The predicted molar refractivity (Wildman–Crippen MR) is 63.3 cm³/mol. The van der Waals surface area contributed by atoms with E-state index in [9.17, 15) is 4.79 Å². The SMILES string of the molecule is O=C(CCn1cncn1)c1cc(Cl)sc1Cl. The number of hydrogen-bond acceptors (Lipinski definition) is 4. The Morgan fingerprint density at radius 3 is 2.88 bits per heavy atom. The van der Waals surface area contributed by atoms with Crippen LogP contribution in [0.2, 0.25) is 8.67 Å². The van der Waals surface area contributed by atoms with Gasteiger partial charge in [-0.15, -0.1) is 11.3 Å². The molecule has 0 fully saturated rings. The fourth-order valence-electron chi connectivity index (χ4n) is 1.23. The van der Waals surface area contributed by atoms with E-state index in [2.05, 4.69) is 10.1 Å². The zero-order chi connectivity index (χ0) is 11.5. The van der Waals surface area contributed by atoms with Crippen molar-refractivity contribution in [3.8, 4) is 0 Å². The average molecular weight is 276 g/mol. The van der Waals surface area contributed by atoms with Crippen molar-refractivity contribution in [1.29, 1.82) is 0 Å². The van der Waals surface area contributed by atoms with Crippen molar-refractivity contribution in [2.24, 2.45) is 0 Å². The molecule has 2 rings (SSSR count). The maximum absolute atomic E-state index is 11.8. The first-order chi connectivity index (χ1) is 7.66. The molecule has 2 heterocycles. The second-order valence-electron chi connectivity index (χ2n) is 3.07. The van der Waals surface area contributed by atoms with Gasteiger partial charge in [0.25, 0.3) is 0 Å². The van der Waals surface area contributed by atoms with E-state index >= 15 is 0 Å². The van der Waals surface area contributed by atoms with Gasteiger partial charge in [0, 0.05) is 18.5 Å². The molecule has 0 saturated carbocycles. The van der Waals surface area contributed by atoms with Crippen molar-refractivity contribution in [1.82, 2.24) is 14.8 Å². The number of thiophene rings is 1. The standard InChI is InChI=1S/C9H7Cl2N3OS/c10-8-3-6(9(11)16-8)7(15)1-2-14-5-12-4-13-14/h3-5H,1-2H2. The third-order valence-electron chi connectivity index (χ3n) is 1.99. The molecule has 0 aromatic carbocycles. The number of ketones is 1. The zero-order valence-corrected chi connectivity index (χ0v) is 10.4. The fourth-order valence-corrected chi connectivity index (χ4v) is 2.73. The molecule has 2 aromatic rings. The molecule has 0 bridgehead atoms. The Bertz CT molecular complexity index is 495. The lowest BCUT2D eigenvalue weighted by molar-refractivity contribution is 0.0976. The highest BCUT2D eigenvalue weighted by atomic mass is 35.5. The Morgan fingerprint density at radius 2 is 2.31 bits per heavy atom. The lowest BCUT2D eigenvalue weighted by atomic mass is 10.2. The van der Waals surface area contributed by atoms with Crippen molar-refractivity contribution in [3.05, 3.63) is 33.0 Å².